The first-order chi connectivity index (χ1) is 9.17. The zero-order chi connectivity index (χ0) is 13.4. The van der Waals surface area contributed by atoms with Gasteiger partial charge in [-0.3, -0.25) is 0 Å². The maximum absolute atomic E-state index is 9.26. The molecule has 0 aliphatic heterocycles. The molecular formula is C16H21N3. The summed E-state index contributed by atoms with van der Waals surface area (Å²) < 4.78 is 0. The van der Waals surface area contributed by atoms with Gasteiger partial charge in [0.05, 0.1) is 5.56 Å². The van der Waals surface area contributed by atoms with E-state index in [1.807, 2.05) is 19.9 Å². The van der Waals surface area contributed by atoms with Crippen molar-refractivity contribution in [2.75, 3.05) is 11.9 Å². The van der Waals surface area contributed by atoms with Gasteiger partial charge in [-0.15, -0.1) is 0 Å². The number of fused-ring (bicyclic) bond motifs is 2. The molecule has 1 aromatic rings. The third-order valence-electron chi connectivity index (χ3n) is 4.87. The molecule has 3 nitrogen and oxygen atoms in total. The van der Waals surface area contributed by atoms with Gasteiger partial charge in [-0.25, -0.2) is 4.98 Å². The van der Waals surface area contributed by atoms with Crippen LogP contribution in [-0.4, -0.2) is 11.5 Å². The van der Waals surface area contributed by atoms with E-state index in [-0.39, 0.29) is 0 Å². The molecule has 2 aliphatic carbocycles. The van der Waals surface area contributed by atoms with Crippen molar-refractivity contribution < 1.29 is 0 Å². The molecule has 1 heterocycles. The summed E-state index contributed by atoms with van der Waals surface area (Å²) in [7, 11) is 0. The number of pyridine rings is 1. The number of nitrogens with one attached hydrogen (secondary N) is 1. The van der Waals surface area contributed by atoms with Crippen molar-refractivity contribution in [3.63, 3.8) is 0 Å². The van der Waals surface area contributed by atoms with Crippen molar-refractivity contribution in [1.82, 2.24) is 4.98 Å². The molecule has 3 rings (SSSR count). The largest absolute Gasteiger partial charge is 0.369 e. The van der Waals surface area contributed by atoms with Crippen LogP contribution in [0.5, 0.6) is 0 Å². The molecule has 2 saturated carbocycles. The van der Waals surface area contributed by atoms with E-state index in [2.05, 4.69) is 16.4 Å². The van der Waals surface area contributed by atoms with Crippen LogP contribution in [0.3, 0.4) is 0 Å². The van der Waals surface area contributed by atoms with Gasteiger partial charge in [0.1, 0.15) is 11.9 Å². The first-order valence-corrected chi connectivity index (χ1v) is 7.29. The molecule has 0 amide bonds. The topological polar surface area (TPSA) is 48.7 Å². The second-order valence-corrected chi connectivity index (χ2v) is 6.23. The van der Waals surface area contributed by atoms with Gasteiger partial charge < -0.3 is 5.32 Å². The zero-order valence-corrected chi connectivity index (χ0v) is 11.7. The van der Waals surface area contributed by atoms with E-state index in [4.69, 9.17) is 0 Å². The smallest absolute Gasteiger partial charge is 0.144 e. The van der Waals surface area contributed by atoms with E-state index in [0.29, 0.717) is 5.56 Å². The molecule has 2 bridgehead atoms. The third kappa shape index (κ3) is 2.32. The summed E-state index contributed by atoms with van der Waals surface area (Å²) in [6, 6.07) is 4.25. The normalized spacial score (nSPS) is 28.4. The lowest BCUT2D eigenvalue weighted by molar-refractivity contribution is 0.348. The Bertz CT molecular complexity index is 530. The minimum absolute atomic E-state index is 0.703. The van der Waals surface area contributed by atoms with E-state index >= 15 is 0 Å². The van der Waals surface area contributed by atoms with Crippen LogP contribution in [0.1, 0.15) is 42.5 Å². The van der Waals surface area contributed by atoms with E-state index in [1.54, 1.807) is 0 Å². The highest BCUT2D eigenvalue weighted by Gasteiger charge is 2.39. The first-order valence-electron chi connectivity index (χ1n) is 7.29. The fourth-order valence-corrected chi connectivity index (χ4v) is 3.96. The van der Waals surface area contributed by atoms with Crippen LogP contribution in [0.15, 0.2) is 6.07 Å². The molecule has 1 aromatic heterocycles. The van der Waals surface area contributed by atoms with E-state index in [0.717, 1.165) is 41.4 Å². The highest BCUT2D eigenvalue weighted by Crippen LogP contribution is 2.48. The summed E-state index contributed by atoms with van der Waals surface area (Å²) in [5.41, 5.74) is 2.70. The average Bonchev–Trinajstić information content (AvgIpc) is 2.97. The molecule has 0 radical (unpaired) electrons. The lowest BCUT2D eigenvalue weighted by Crippen LogP contribution is -2.21. The lowest BCUT2D eigenvalue weighted by atomic mass is 9.89. The van der Waals surface area contributed by atoms with Gasteiger partial charge in [-0.05, 0) is 62.5 Å². The predicted octanol–water partition coefficient (Wildman–Crippen LogP) is 3.42. The monoisotopic (exact) mass is 255 g/mol. The Hall–Kier alpha value is -1.56. The van der Waals surface area contributed by atoms with Crippen molar-refractivity contribution in [3.8, 4) is 6.07 Å². The molecule has 0 saturated heterocycles. The number of rotatable bonds is 3. The molecule has 0 aromatic carbocycles. The molecule has 3 unspecified atom stereocenters. The molecule has 3 heteroatoms. The Labute approximate surface area is 115 Å². The van der Waals surface area contributed by atoms with Gasteiger partial charge in [-0.1, -0.05) is 6.42 Å². The maximum Gasteiger partial charge on any atom is 0.144 e. The highest BCUT2D eigenvalue weighted by atomic mass is 15.0. The van der Waals surface area contributed by atoms with Gasteiger partial charge in [0.15, 0.2) is 0 Å². The number of aryl methyl sites for hydroxylation is 2. The summed E-state index contributed by atoms with van der Waals surface area (Å²) >= 11 is 0. The van der Waals surface area contributed by atoms with Crippen molar-refractivity contribution >= 4 is 5.82 Å². The number of hydrogen-bond acceptors (Lipinski definition) is 3. The maximum atomic E-state index is 9.26. The fourth-order valence-electron chi connectivity index (χ4n) is 3.96. The molecule has 2 aliphatic rings. The van der Waals surface area contributed by atoms with E-state index in [9.17, 15) is 5.26 Å². The summed E-state index contributed by atoms with van der Waals surface area (Å²) in [4.78, 5) is 4.49. The third-order valence-corrected chi connectivity index (χ3v) is 4.87. The van der Waals surface area contributed by atoms with E-state index in [1.165, 1.54) is 25.7 Å². The van der Waals surface area contributed by atoms with Crippen molar-refractivity contribution in [3.05, 3.63) is 22.9 Å². The fraction of sp³-hybridized carbons (Fsp3) is 0.625. The Kier molecular flexibility index (Phi) is 3.18. The number of nitrogens with zero attached hydrogens (tertiary/aromatic N) is 2. The second-order valence-electron chi connectivity index (χ2n) is 6.23. The molecular weight excluding hydrogens is 234 g/mol. The van der Waals surface area contributed by atoms with Crippen LogP contribution in [0.25, 0.3) is 0 Å². The number of aromatic nitrogens is 1. The van der Waals surface area contributed by atoms with Crippen LogP contribution in [0.4, 0.5) is 5.82 Å². The Morgan fingerprint density at radius 1 is 1.37 bits per heavy atom. The minimum atomic E-state index is 0.703. The Balaban J connectivity index is 1.72. The predicted molar refractivity (Wildman–Crippen MR) is 75.9 cm³/mol. The van der Waals surface area contributed by atoms with Crippen LogP contribution < -0.4 is 5.32 Å². The summed E-state index contributed by atoms with van der Waals surface area (Å²) in [6.45, 7) is 4.94. The minimum Gasteiger partial charge on any atom is -0.369 e. The van der Waals surface area contributed by atoms with Crippen LogP contribution in [-0.2, 0) is 0 Å². The van der Waals surface area contributed by atoms with Crippen molar-refractivity contribution in [1.29, 1.82) is 5.26 Å². The number of anilines is 1. The zero-order valence-electron chi connectivity index (χ0n) is 11.7. The van der Waals surface area contributed by atoms with Gasteiger partial charge in [-0.2, -0.15) is 5.26 Å². The standard InChI is InChI=1S/C16H21N3/c1-10-5-11(2)19-16(15(10)8-17)18-9-14-7-12-3-4-13(14)6-12/h5,12-14H,3-4,6-7,9H2,1-2H3,(H,18,19). The van der Waals surface area contributed by atoms with Gasteiger partial charge in [0, 0.05) is 12.2 Å². The SMILES string of the molecule is Cc1cc(C)c(C#N)c(NCC2CC3CCC2C3)n1. The van der Waals surface area contributed by atoms with Crippen LogP contribution in [0.2, 0.25) is 0 Å². The van der Waals surface area contributed by atoms with Crippen molar-refractivity contribution in [2.45, 2.75) is 39.5 Å². The van der Waals surface area contributed by atoms with Crippen LogP contribution >= 0.6 is 0 Å². The van der Waals surface area contributed by atoms with Gasteiger partial charge >= 0.3 is 0 Å². The quantitative estimate of drug-likeness (QED) is 0.900. The Morgan fingerprint density at radius 3 is 2.84 bits per heavy atom. The first kappa shape index (κ1) is 12.5. The molecule has 0 spiro atoms. The molecule has 100 valence electrons. The molecule has 1 N–H and O–H groups in total. The number of hydrogen-bond donors (Lipinski definition) is 1. The highest BCUT2D eigenvalue weighted by molar-refractivity contribution is 5.56. The lowest BCUT2D eigenvalue weighted by Gasteiger charge is -2.22. The van der Waals surface area contributed by atoms with Crippen molar-refractivity contribution in [2.24, 2.45) is 17.8 Å². The molecule has 3 atom stereocenters. The summed E-state index contributed by atoms with van der Waals surface area (Å²) in [5.74, 6) is 3.45. The van der Waals surface area contributed by atoms with Gasteiger partial charge in [0.25, 0.3) is 0 Å². The second kappa shape index (κ2) is 4.85. The summed E-state index contributed by atoms with van der Waals surface area (Å²) in [6.07, 6.45) is 5.64. The van der Waals surface area contributed by atoms with E-state index < -0.39 is 0 Å². The summed E-state index contributed by atoms with van der Waals surface area (Å²) in [5, 5.41) is 12.7. The van der Waals surface area contributed by atoms with Gasteiger partial charge in [0.2, 0.25) is 0 Å². The number of nitriles is 1. The Morgan fingerprint density at radius 2 is 2.21 bits per heavy atom. The van der Waals surface area contributed by atoms with Crippen LogP contribution in [0, 0.1) is 42.9 Å². The average molecular weight is 255 g/mol. The molecule has 19 heavy (non-hydrogen) atoms. The molecule has 2 fully saturated rings.